The zero-order valence-corrected chi connectivity index (χ0v) is 13.2. The van der Waals surface area contributed by atoms with E-state index < -0.39 is 5.91 Å². The number of hydrogen-bond donors (Lipinski definition) is 1. The molecule has 4 heteroatoms. The molecule has 0 spiro atoms. The second-order valence-corrected chi connectivity index (χ2v) is 4.79. The zero-order valence-electron chi connectivity index (χ0n) is 11.6. The molecule has 0 aliphatic heterocycles. The van der Waals surface area contributed by atoms with Gasteiger partial charge in [0, 0.05) is 17.7 Å². The van der Waals surface area contributed by atoms with Crippen LogP contribution in [0.15, 0.2) is 60.9 Å². The number of aryl methyl sites for hydroxylation is 1. The molecule has 0 bridgehead atoms. The van der Waals surface area contributed by atoms with E-state index in [9.17, 15) is 4.79 Å². The topological polar surface area (TPSA) is 47.0 Å². The molecule has 3 rings (SSSR count). The standard InChI is InChI=1S/C17H14N2O.BrH/c1-12-15-7-3-2-5-13(15)8-9-16(12)19-10-4-6-14(11-19)17(18)20;/h2-11H,1H3,(H-,18,20);1H. The van der Waals surface area contributed by atoms with E-state index in [1.807, 2.05) is 29.0 Å². The number of fused-ring (bicyclic) bond motifs is 1. The minimum Gasteiger partial charge on any atom is -1.00 e. The minimum absolute atomic E-state index is 0. The van der Waals surface area contributed by atoms with E-state index in [1.54, 1.807) is 12.3 Å². The Morgan fingerprint density at radius 3 is 2.57 bits per heavy atom. The summed E-state index contributed by atoms with van der Waals surface area (Å²) in [5.74, 6) is -0.419. The van der Waals surface area contributed by atoms with Crippen LogP contribution < -0.4 is 27.3 Å². The molecule has 0 saturated heterocycles. The number of primary amides is 1. The Bertz CT molecular complexity index is 815. The highest BCUT2D eigenvalue weighted by Crippen LogP contribution is 2.21. The monoisotopic (exact) mass is 342 g/mol. The highest BCUT2D eigenvalue weighted by atomic mass is 79.9. The molecule has 3 aromatic rings. The number of carbonyl (C=O) groups excluding carboxylic acids is 1. The predicted octanol–water partition coefficient (Wildman–Crippen LogP) is -0.472. The molecule has 0 aliphatic rings. The zero-order chi connectivity index (χ0) is 14.1. The van der Waals surface area contributed by atoms with Gasteiger partial charge in [0.2, 0.25) is 5.69 Å². The Labute approximate surface area is 133 Å². The van der Waals surface area contributed by atoms with Gasteiger partial charge in [-0.1, -0.05) is 24.3 Å². The summed E-state index contributed by atoms with van der Waals surface area (Å²) in [5.41, 5.74) is 8.06. The fourth-order valence-corrected chi connectivity index (χ4v) is 2.47. The number of carbonyl (C=O) groups is 1. The van der Waals surface area contributed by atoms with Crippen molar-refractivity contribution in [2.45, 2.75) is 6.92 Å². The Kier molecular flexibility index (Phi) is 4.38. The van der Waals surface area contributed by atoms with Gasteiger partial charge in [-0.05, 0) is 29.8 Å². The average molecular weight is 343 g/mol. The molecule has 1 amide bonds. The third kappa shape index (κ3) is 2.81. The van der Waals surface area contributed by atoms with Crippen molar-refractivity contribution in [3.05, 3.63) is 72.1 Å². The molecule has 21 heavy (non-hydrogen) atoms. The number of aromatic nitrogens is 1. The van der Waals surface area contributed by atoms with Crippen LogP contribution in [0.25, 0.3) is 16.5 Å². The minimum atomic E-state index is -0.419. The van der Waals surface area contributed by atoms with Gasteiger partial charge in [0.25, 0.3) is 5.91 Å². The number of nitrogens with two attached hydrogens (primary N) is 1. The molecule has 0 atom stereocenters. The van der Waals surface area contributed by atoms with Crippen LogP contribution in [0.3, 0.4) is 0 Å². The number of pyridine rings is 1. The lowest BCUT2D eigenvalue weighted by atomic mass is 10.0. The first-order valence-electron chi connectivity index (χ1n) is 6.46. The third-order valence-corrected chi connectivity index (χ3v) is 3.53. The number of hydrogen-bond acceptors (Lipinski definition) is 1. The lowest BCUT2D eigenvalue weighted by Gasteiger charge is -2.05. The van der Waals surface area contributed by atoms with Crippen molar-refractivity contribution in [2.75, 3.05) is 0 Å². The highest BCUT2D eigenvalue weighted by molar-refractivity contribution is 5.92. The Hall–Kier alpha value is -2.20. The second-order valence-electron chi connectivity index (χ2n) is 4.79. The number of halogens is 1. The first-order chi connectivity index (χ1) is 9.66. The second kappa shape index (κ2) is 6.06. The smallest absolute Gasteiger partial charge is 0.254 e. The van der Waals surface area contributed by atoms with Gasteiger partial charge in [-0.2, -0.15) is 4.57 Å². The largest absolute Gasteiger partial charge is 1.00 e. The van der Waals surface area contributed by atoms with E-state index in [0.29, 0.717) is 5.56 Å². The summed E-state index contributed by atoms with van der Waals surface area (Å²) in [6.45, 7) is 2.08. The van der Waals surface area contributed by atoms with Crippen LogP contribution in [0.2, 0.25) is 0 Å². The van der Waals surface area contributed by atoms with Gasteiger partial charge >= 0.3 is 0 Å². The molecule has 1 heterocycles. The Morgan fingerprint density at radius 2 is 1.81 bits per heavy atom. The van der Waals surface area contributed by atoms with Gasteiger partial charge in [-0.25, -0.2) is 0 Å². The van der Waals surface area contributed by atoms with E-state index in [0.717, 1.165) is 5.69 Å². The van der Waals surface area contributed by atoms with Crippen molar-refractivity contribution < 1.29 is 26.3 Å². The van der Waals surface area contributed by atoms with Gasteiger partial charge in [0.1, 0.15) is 5.56 Å². The van der Waals surface area contributed by atoms with E-state index >= 15 is 0 Å². The third-order valence-electron chi connectivity index (χ3n) is 3.53. The maximum absolute atomic E-state index is 11.3. The molecule has 3 nitrogen and oxygen atoms in total. The number of benzene rings is 2. The number of nitrogens with zero attached hydrogens (tertiary/aromatic N) is 1. The SMILES string of the molecule is Cc1c(-[n+]2cccc(C(N)=O)c2)ccc2ccccc12.[Br-]. The number of rotatable bonds is 2. The lowest BCUT2D eigenvalue weighted by Crippen LogP contribution is -3.00. The average Bonchev–Trinajstić information content (AvgIpc) is 2.48. The molecular weight excluding hydrogens is 328 g/mol. The van der Waals surface area contributed by atoms with E-state index in [-0.39, 0.29) is 17.0 Å². The van der Waals surface area contributed by atoms with Crippen LogP contribution >= 0.6 is 0 Å². The molecular formula is C17H15BrN2O. The summed E-state index contributed by atoms with van der Waals surface area (Å²) >= 11 is 0. The normalized spacial score (nSPS) is 10.1. The lowest BCUT2D eigenvalue weighted by molar-refractivity contribution is -0.596. The first kappa shape index (κ1) is 15.2. The highest BCUT2D eigenvalue weighted by Gasteiger charge is 2.14. The molecule has 2 aromatic carbocycles. The molecule has 0 unspecified atom stereocenters. The Morgan fingerprint density at radius 1 is 1.05 bits per heavy atom. The molecule has 2 N–H and O–H groups in total. The van der Waals surface area contributed by atoms with Gasteiger partial charge < -0.3 is 22.7 Å². The first-order valence-corrected chi connectivity index (χ1v) is 6.46. The van der Waals surface area contributed by atoms with Crippen LogP contribution in [-0.2, 0) is 0 Å². The van der Waals surface area contributed by atoms with Crippen molar-refractivity contribution in [2.24, 2.45) is 5.73 Å². The van der Waals surface area contributed by atoms with Crippen LogP contribution in [-0.4, -0.2) is 5.91 Å². The summed E-state index contributed by atoms with van der Waals surface area (Å²) < 4.78 is 1.93. The summed E-state index contributed by atoms with van der Waals surface area (Å²) in [6, 6.07) is 15.9. The van der Waals surface area contributed by atoms with Crippen molar-refractivity contribution in [3.63, 3.8) is 0 Å². The van der Waals surface area contributed by atoms with Gasteiger partial charge in [-0.3, -0.25) is 4.79 Å². The van der Waals surface area contributed by atoms with Crippen molar-refractivity contribution in [3.8, 4) is 5.69 Å². The molecule has 0 aliphatic carbocycles. The molecule has 0 radical (unpaired) electrons. The predicted molar refractivity (Wildman–Crippen MR) is 78.7 cm³/mol. The van der Waals surface area contributed by atoms with Gasteiger partial charge in [-0.15, -0.1) is 0 Å². The van der Waals surface area contributed by atoms with E-state index in [4.69, 9.17) is 5.73 Å². The van der Waals surface area contributed by atoms with Crippen LogP contribution in [0, 0.1) is 6.92 Å². The molecule has 1 aromatic heterocycles. The van der Waals surface area contributed by atoms with Gasteiger partial charge in [0.05, 0.1) is 0 Å². The molecule has 0 fully saturated rings. The van der Waals surface area contributed by atoms with Crippen LogP contribution in [0.5, 0.6) is 0 Å². The van der Waals surface area contributed by atoms with Gasteiger partial charge in [0.15, 0.2) is 12.4 Å². The fourth-order valence-electron chi connectivity index (χ4n) is 2.47. The van der Waals surface area contributed by atoms with Crippen molar-refractivity contribution in [1.29, 1.82) is 0 Å². The maximum Gasteiger partial charge on any atom is 0.254 e. The fraction of sp³-hybridized carbons (Fsp3) is 0.0588. The summed E-state index contributed by atoms with van der Waals surface area (Å²) in [7, 11) is 0. The van der Waals surface area contributed by atoms with Crippen LogP contribution in [0.1, 0.15) is 15.9 Å². The van der Waals surface area contributed by atoms with Crippen molar-refractivity contribution >= 4 is 16.7 Å². The van der Waals surface area contributed by atoms with Crippen molar-refractivity contribution in [1.82, 2.24) is 0 Å². The Balaban J connectivity index is 0.00000161. The maximum atomic E-state index is 11.3. The van der Waals surface area contributed by atoms with Crippen LogP contribution in [0.4, 0.5) is 0 Å². The summed E-state index contributed by atoms with van der Waals surface area (Å²) in [5, 5.41) is 2.42. The summed E-state index contributed by atoms with van der Waals surface area (Å²) in [6.07, 6.45) is 3.68. The quantitative estimate of drug-likeness (QED) is 0.629. The molecule has 0 saturated carbocycles. The molecule has 106 valence electrons. The van der Waals surface area contributed by atoms with E-state index in [2.05, 4.69) is 31.2 Å². The number of amides is 1. The summed E-state index contributed by atoms with van der Waals surface area (Å²) in [4.78, 5) is 11.3. The van der Waals surface area contributed by atoms with E-state index in [1.165, 1.54) is 16.3 Å².